The number of hydrogen-bond donors (Lipinski definition) is 2. The Morgan fingerprint density at radius 2 is 2.03 bits per heavy atom. The quantitative estimate of drug-likeness (QED) is 0.307. The van der Waals surface area contributed by atoms with Gasteiger partial charge >= 0.3 is 0 Å². The third-order valence-corrected chi connectivity index (χ3v) is 7.71. The zero-order chi connectivity index (χ0) is 21.9. The molecule has 3 rings (SSSR count). The Bertz CT molecular complexity index is 984. The number of nitrogens with one attached hydrogen (secondary N) is 1. The molecule has 0 atom stereocenters. The number of ether oxygens (including phenoxy) is 2. The summed E-state index contributed by atoms with van der Waals surface area (Å²) in [6.07, 6.45) is 3.60. The van der Waals surface area contributed by atoms with Crippen molar-refractivity contribution in [3.63, 3.8) is 0 Å². The van der Waals surface area contributed by atoms with Crippen LogP contribution in [0.1, 0.15) is 29.7 Å². The van der Waals surface area contributed by atoms with E-state index in [1.54, 1.807) is 6.07 Å². The Kier molecular flexibility index (Phi) is 7.01. The third-order valence-electron chi connectivity index (χ3n) is 5.06. The van der Waals surface area contributed by atoms with Gasteiger partial charge in [0, 0.05) is 32.4 Å². The highest BCUT2D eigenvalue weighted by Crippen LogP contribution is 2.35. The number of nitrogens with zero attached hydrogens (tertiary/aromatic N) is 1. The summed E-state index contributed by atoms with van der Waals surface area (Å²) in [4.78, 5) is -0.510. The second-order valence-electron chi connectivity index (χ2n) is 9.10. The van der Waals surface area contributed by atoms with Crippen LogP contribution in [0.5, 0.6) is 5.88 Å². The molecule has 1 aromatic carbocycles. The lowest BCUT2D eigenvalue weighted by Crippen LogP contribution is -2.22. The maximum atomic E-state index is 14.2. The van der Waals surface area contributed by atoms with Gasteiger partial charge in [-0.05, 0) is 48.9 Å². The number of rotatable bonds is 11. The number of aromatic nitrogens is 2. The highest BCUT2D eigenvalue weighted by Gasteiger charge is 2.26. The van der Waals surface area contributed by atoms with Crippen molar-refractivity contribution in [1.29, 1.82) is 0 Å². The van der Waals surface area contributed by atoms with Gasteiger partial charge < -0.3 is 9.47 Å². The van der Waals surface area contributed by atoms with E-state index in [0.717, 1.165) is 23.7 Å². The van der Waals surface area contributed by atoms with Crippen molar-refractivity contribution in [1.82, 2.24) is 10.2 Å². The van der Waals surface area contributed by atoms with E-state index < -0.39 is 28.8 Å². The SMILES string of the molecule is C[Si](C)(C)CCOCOc1n[nH]c(CC2CC2)c1Cc1ccc(S(N)(=O)=O)c(F)c1. The van der Waals surface area contributed by atoms with Crippen molar-refractivity contribution in [2.45, 2.75) is 56.3 Å². The van der Waals surface area contributed by atoms with E-state index in [9.17, 15) is 12.8 Å². The minimum absolute atomic E-state index is 0.101. The van der Waals surface area contributed by atoms with Gasteiger partial charge in [-0.3, -0.25) is 5.10 Å². The first-order valence-corrected chi connectivity index (χ1v) is 15.4. The molecule has 1 heterocycles. The lowest BCUT2D eigenvalue weighted by Gasteiger charge is -2.15. The van der Waals surface area contributed by atoms with E-state index in [2.05, 4.69) is 29.8 Å². The Balaban J connectivity index is 1.72. The summed E-state index contributed by atoms with van der Waals surface area (Å²) < 4.78 is 48.5. The van der Waals surface area contributed by atoms with Gasteiger partial charge in [-0.1, -0.05) is 25.7 Å². The summed E-state index contributed by atoms with van der Waals surface area (Å²) in [7, 11) is -5.27. The van der Waals surface area contributed by atoms with Crippen LogP contribution < -0.4 is 9.88 Å². The maximum absolute atomic E-state index is 14.2. The summed E-state index contributed by atoms with van der Waals surface area (Å²) in [6.45, 7) is 7.60. The largest absolute Gasteiger partial charge is 0.449 e. The van der Waals surface area contributed by atoms with Gasteiger partial charge in [-0.25, -0.2) is 17.9 Å². The van der Waals surface area contributed by atoms with Crippen LogP contribution in [0.4, 0.5) is 4.39 Å². The predicted molar refractivity (Wildman–Crippen MR) is 115 cm³/mol. The molecule has 1 aromatic heterocycles. The molecule has 0 unspecified atom stereocenters. The molecule has 3 N–H and O–H groups in total. The molecule has 10 heteroatoms. The summed E-state index contributed by atoms with van der Waals surface area (Å²) in [5, 5.41) is 12.4. The highest BCUT2D eigenvalue weighted by atomic mass is 32.2. The first kappa shape index (κ1) is 22.9. The van der Waals surface area contributed by atoms with Crippen LogP contribution in [-0.2, 0) is 27.6 Å². The molecule has 7 nitrogen and oxygen atoms in total. The van der Waals surface area contributed by atoms with Crippen molar-refractivity contribution in [3.8, 4) is 5.88 Å². The normalized spacial score (nSPS) is 14.8. The molecule has 2 aromatic rings. The number of benzene rings is 1. The van der Waals surface area contributed by atoms with Crippen molar-refractivity contribution in [2.75, 3.05) is 13.4 Å². The first-order chi connectivity index (χ1) is 14.0. The van der Waals surface area contributed by atoms with Crippen LogP contribution in [-0.4, -0.2) is 40.1 Å². The number of hydrogen-bond acceptors (Lipinski definition) is 5. The Labute approximate surface area is 178 Å². The second-order valence-corrected chi connectivity index (χ2v) is 16.3. The lowest BCUT2D eigenvalue weighted by molar-refractivity contribution is 0.0188. The molecular weight excluding hydrogens is 425 g/mol. The second kappa shape index (κ2) is 9.17. The minimum atomic E-state index is -4.10. The van der Waals surface area contributed by atoms with Crippen LogP contribution in [0.15, 0.2) is 23.1 Å². The molecular formula is C20H30FN3O4SSi. The van der Waals surface area contributed by atoms with E-state index >= 15 is 0 Å². The Morgan fingerprint density at radius 3 is 2.63 bits per heavy atom. The summed E-state index contributed by atoms with van der Waals surface area (Å²) in [5.74, 6) is 0.209. The zero-order valence-electron chi connectivity index (χ0n) is 17.7. The van der Waals surface area contributed by atoms with Gasteiger partial charge in [0.25, 0.3) is 0 Å². The fourth-order valence-electron chi connectivity index (χ4n) is 3.09. The average Bonchev–Trinajstić information content (AvgIpc) is 3.36. The molecule has 166 valence electrons. The monoisotopic (exact) mass is 455 g/mol. The smallest absolute Gasteiger partial charge is 0.240 e. The zero-order valence-corrected chi connectivity index (χ0v) is 19.5. The van der Waals surface area contributed by atoms with E-state index in [1.165, 1.54) is 25.0 Å². The van der Waals surface area contributed by atoms with Gasteiger partial charge in [-0.2, -0.15) is 0 Å². The van der Waals surface area contributed by atoms with Crippen LogP contribution in [0, 0.1) is 11.7 Å². The van der Waals surface area contributed by atoms with Crippen molar-refractivity contribution in [2.24, 2.45) is 11.1 Å². The summed E-state index contributed by atoms with van der Waals surface area (Å²) in [6, 6.07) is 5.00. The highest BCUT2D eigenvalue weighted by molar-refractivity contribution is 7.89. The van der Waals surface area contributed by atoms with Crippen LogP contribution in [0.25, 0.3) is 0 Å². The van der Waals surface area contributed by atoms with E-state index in [4.69, 9.17) is 14.6 Å². The van der Waals surface area contributed by atoms with Crippen LogP contribution in [0.3, 0.4) is 0 Å². The fourth-order valence-corrected chi connectivity index (χ4v) is 4.43. The minimum Gasteiger partial charge on any atom is -0.449 e. The predicted octanol–water partition coefficient (Wildman–Crippen LogP) is 3.43. The standard InChI is InChI=1S/C20H30FN3O4SSi/c1-30(2,3)9-8-27-13-28-20-16(18(23-24-20)12-14-4-5-14)10-15-6-7-19(17(21)11-15)29(22,25)26/h6-7,11,14H,4-5,8-10,12-13H2,1-3H3,(H,23,24)(H2,22,25,26). The molecule has 1 fully saturated rings. The van der Waals surface area contributed by atoms with Crippen molar-refractivity contribution < 1.29 is 22.3 Å². The lowest BCUT2D eigenvalue weighted by atomic mass is 10.0. The molecule has 0 saturated heterocycles. The van der Waals surface area contributed by atoms with Gasteiger partial charge in [0.2, 0.25) is 15.9 Å². The van der Waals surface area contributed by atoms with E-state index in [0.29, 0.717) is 30.4 Å². The number of nitrogens with two attached hydrogens (primary N) is 1. The average molecular weight is 456 g/mol. The molecule has 30 heavy (non-hydrogen) atoms. The van der Waals surface area contributed by atoms with Gasteiger partial charge in [0.1, 0.15) is 10.7 Å². The van der Waals surface area contributed by atoms with Crippen LogP contribution >= 0.6 is 0 Å². The molecule has 0 radical (unpaired) electrons. The molecule has 0 spiro atoms. The van der Waals surface area contributed by atoms with Gasteiger partial charge in [0.15, 0.2) is 6.79 Å². The molecule has 1 aliphatic carbocycles. The van der Waals surface area contributed by atoms with E-state index in [-0.39, 0.29) is 6.79 Å². The number of halogens is 1. The molecule has 1 saturated carbocycles. The topological polar surface area (TPSA) is 107 Å². The number of primary sulfonamides is 1. The van der Waals surface area contributed by atoms with Crippen molar-refractivity contribution >= 4 is 18.1 Å². The molecule has 1 aliphatic rings. The number of aromatic amines is 1. The van der Waals surface area contributed by atoms with Gasteiger partial charge in [0.05, 0.1) is 0 Å². The fraction of sp³-hybridized carbons (Fsp3) is 0.550. The Hall–Kier alpha value is -1.75. The molecule has 0 amide bonds. The number of H-pyrrole nitrogens is 1. The summed E-state index contributed by atoms with van der Waals surface area (Å²) >= 11 is 0. The first-order valence-electron chi connectivity index (χ1n) is 10.1. The van der Waals surface area contributed by atoms with Crippen molar-refractivity contribution in [3.05, 3.63) is 40.8 Å². The van der Waals surface area contributed by atoms with Crippen LogP contribution in [0.2, 0.25) is 25.7 Å². The van der Waals surface area contributed by atoms with E-state index in [1.807, 2.05) is 0 Å². The molecule has 0 bridgehead atoms. The Morgan fingerprint density at radius 1 is 1.30 bits per heavy atom. The summed E-state index contributed by atoms with van der Waals surface area (Å²) in [5.41, 5.74) is 2.42. The maximum Gasteiger partial charge on any atom is 0.240 e. The third kappa shape index (κ3) is 6.63. The van der Waals surface area contributed by atoms with Gasteiger partial charge in [-0.15, -0.1) is 5.10 Å². The number of sulfonamides is 1. The molecule has 0 aliphatic heterocycles.